The molecule has 6 heteroatoms. The van der Waals surface area contributed by atoms with Gasteiger partial charge in [-0.2, -0.15) is 0 Å². The van der Waals surface area contributed by atoms with Crippen molar-refractivity contribution in [2.24, 2.45) is 0 Å². The quantitative estimate of drug-likeness (QED) is 0.842. The van der Waals surface area contributed by atoms with Crippen molar-refractivity contribution in [3.63, 3.8) is 0 Å². The smallest absolute Gasteiger partial charge is 0.266 e. The van der Waals surface area contributed by atoms with Crippen molar-refractivity contribution in [2.45, 2.75) is 26.8 Å². The Balaban J connectivity index is 1.94. The lowest BCUT2D eigenvalue weighted by Crippen LogP contribution is -2.51. The van der Waals surface area contributed by atoms with Crippen molar-refractivity contribution in [3.05, 3.63) is 51.5 Å². The van der Waals surface area contributed by atoms with Crippen LogP contribution in [0.1, 0.15) is 38.9 Å². The number of thiazole rings is 1. The number of hydrogen-bond acceptors (Lipinski definition) is 4. The topological polar surface area (TPSA) is 53.5 Å². The SMILES string of the molecule is CC(=O)N1CCN(C(=O)c2sc(C)nc2C)[C@H](c2ccccc2)C1. The van der Waals surface area contributed by atoms with Crippen molar-refractivity contribution in [1.82, 2.24) is 14.8 Å². The monoisotopic (exact) mass is 343 g/mol. The fourth-order valence-electron chi connectivity index (χ4n) is 3.13. The highest BCUT2D eigenvalue weighted by Gasteiger charge is 2.34. The van der Waals surface area contributed by atoms with Crippen LogP contribution in [0.5, 0.6) is 0 Å². The van der Waals surface area contributed by atoms with E-state index in [-0.39, 0.29) is 17.9 Å². The lowest BCUT2D eigenvalue weighted by Gasteiger charge is -2.41. The number of benzene rings is 1. The molecule has 2 aromatic rings. The molecule has 0 saturated carbocycles. The van der Waals surface area contributed by atoms with Crippen molar-refractivity contribution in [2.75, 3.05) is 19.6 Å². The van der Waals surface area contributed by atoms with E-state index in [4.69, 9.17) is 0 Å². The molecule has 1 aliphatic heterocycles. The number of carbonyl (C=O) groups is 2. The van der Waals surface area contributed by atoms with E-state index in [2.05, 4.69) is 4.98 Å². The lowest BCUT2D eigenvalue weighted by atomic mass is 10.0. The number of amides is 2. The molecule has 3 rings (SSSR count). The van der Waals surface area contributed by atoms with Crippen LogP contribution in [-0.4, -0.2) is 46.2 Å². The minimum Gasteiger partial charge on any atom is -0.339 e. The minimum absolute atomic E-state index is 0.00940. The third-order valence-corrected chi connectivity index (χ3v) is 5.43. The first kappa shape index (κ1) is 16.6. The maximum atomic E-state index is 13.1. The number of nitrogens with zero attached hydrogens (tertiary/aromatic N) is 3. The van der Waals surface area contributed by atoms with Gasteiger partial charge in [0.15, 0.2) is 0 Å². The minimum atomic E-state index is -0.127. The fraction of sp³-hybridized carbons (Fsp3) is 0.389. The van der Waals surface area contributed by atoms with Crippen LogP contribution in [0.3, 0.4) is 0 Å². The zero-order valence-corrected chi connectivity index (χ0v) is 15.0. The van der Waals surface area contributed by atoms with E-state index in [1.54, 1.807) is 6.92 Å². The number of rotatable bonds is 2. The molecule has 1 saturated heterocycles. The van der Waals surface area contributed by atoms with Gasteiger partial charge in [-0.25, -0.2) is 4.98 Å². The molecular formula is C18H21N3O2S. The van der Waals surface area contributed by atoms with E-state index in [0.29, 0.717) is 24.5 Å². The predicted octanol–water partition coefficient (Wildman–Crippen LogP) is 2.81. The summed E-state index contributed by atoms with van der Waals surface area (Å²) >= 11 is 1.44. The molecule has 0 radical (unpaired) electrons. The normalized spacial score (nSPS) is 17.9. The average Bonchev–Trinajstić information content (AvgIpc) is 2.92. The summed E-state index contributed by atoms with van der Waals surface area (Å²) in [6.07, 6.45) is 0. The van der Waals surface area contributed by atoms with Gasteiger partial charge in [-0.15, -0.1) is 11.3 Å². The van der Waals surface area contributed by atoms with Crippen molar-refractivity contribution in [1.29, 1.82) is 0 Å². The molecule has 0 unspecified atom stereocenters. The second kappa shape index (κ2) is 6.73. The molecule has 1 fully saturated rings. The first-order valence-electron chi connectivity index (χ1n) is 8.03. The first-order chi connectivity index (χ1) is 11.5. The van der Waals surface area contributed by atoms with E-state index in [1.165, 1.54) is 11.3 Å². The van der Waals surface area contributed by atoms with Crippen LogP contribution in [0.4, 0.5) is 0 Å². The molecule has 0 spiro atoms. The summed E-state index contributed by atoms with van der Waals surface area (Å²) in [4.78, 5) is 33.6. The number of piperazine rings is 1. The van der Waals surface area contributed by atoms with Gasteiger partial charge in [0.1, 0.15) is 4.88 Å². The average molecular weight is 343 g/mol. The number of aromatic nitrogens is 1. The van der Waals surface area contributed by atoms with Gasteiger partial charge in [0, 0.05) is 26.6 Å². The van der Waals surface area contributed by atoms with Gasteiger partial charge in [0.05, 0.1) is 16.7 Å². The Bertz CT molecular complexity index is 757. The molecule has 0 aliphatic carbocycles. The summed E-state index contributed by atoms with van der Waals surface area (Å²) in [5.41, 5.74) is 1.83. The van der Waals surface area contributed by atoms with Crippen LogP contribution < -0.4 is 0 Å². The van der Waals surface area contributed by atoms with Gasteiger partial charge in [0.25, 0.3) is 5.91 Å². The standard InChI is InChI=1S/C18H21N3O2S/c1-12-17(24-13(2)19-12)18(23)21-10-9-20(14(3)22)11-16(21)15-7-5-4-6-8-15/h4-8,16H,9-11H2,1-3H3/t16-/m0/s1. The van der Waals surface area contributed by atoms with Crippen LogP contribution in [0.2, 0.25) is 0 Å². The van der Waals surface area contributed by atoms with Crippen LogP contribution in [0.15, 0.2) is 30.3 Å². The maximum Gasteiger partial charge on any atom is 0.266 e. The molecule has 126 valence electrons. The highest BCUT2D eigenvalue weighted by atomic mass is 32.1. The lowest BCUT2D eigenvalue weighted by molar-refractivity contribution is -0.131. The van der Waals surface area contributed by atoms with E-state index in [9.17, 15) is 9.59 Å². The molecule has 1 atom stereocenters. The Kier molecular flexibility index (Phi) is 4.66. The van der Waals surface area contributed by atoms with Gasteiger partial charge in [-0.1, -0.05) is 30.3 Å². The number of carbonyl (C=O) groups excluding carboxylic acids is 2. The van der Waals surface area contributed by atoms with E-state index >= 15 is 0 Å². The Hall–Kier alpha value is -2.21. The molecular weight excluding hydrogens is 322 g/mol. The molecule has 24 heavy (non-hydrogen) atoms. The molecule has 1 aromatic carbocycles. The van der Waals surface area contributed by atoms with Gasteiger partial charge >= 0.3 is 0 Å². The summed E-state index contributed by atoms with van der Waals surface area (Å²) in [6.45, 7) is 7.00. The molecule has 2 heterocycles. The molecule has 0 bridgehead atoms. The van der Waals surface area contributed by atoms with Gasteiger partial charge in [-0.3, -0.25) is 9.59 Å². The Labute approximate surface area is 145 Å². The number of hydrogen-bond donors (Lipinski definition) is 0. The third kappa shape index (κ3) is 3.19. The predicted molar refractivity (Wildman–Crippen MR) is 94.1 cm³/mol. The third-order valence-electron chi connectivity index (χ3n) is 4.37. The van der Waals surface area contributed by atoms with Crippen LogP contribution >= 0.6 is 11.3 Å². The second-order valence-corrected chi connectivity index (χ2v) is 7.24. The molecule has 5 nitrogen and oxygen atoms in total. The summed E-state index contributed by atoms with van der Waals surface area (Å²) in [5.74, 6) is 0.0583. The summed E-state index contributed by atoms with van der Waals surface area (Å²) in [5, 5.41) is 0.898. The van der Waals surface area contributed by atoms with Crippen molar-refractivity contribution < 1.29 is 9.59 Å². The zero-order valence-electron chi connectivity index (χ0n) is 14.2. The number of aryl methyl sites for hydroxylation is 2. The molecule has 1 aliphatic rings. The van der Waals surface area contributed by atoms with Crippen LogP contribution in [-0.2, 0) is 4.79 Å². The second-order valence-electron chi connectivity index (χ2n) is 6.04. The fourth-order valence-corrected chi connectivity index (χ4v) is 4.01. The van der Waals surface area contributed by atoms with Crippen molar-refractivity contribution >= 4 is 23.2 Å². The zero-order chi connectivity index (χ0) is 17.3. The van der Waals surface area contributed by atoms with Crippen LogP contribution in [0, 0.1) is 13.8 Å². The highest BCUT2D eigenvalue weighted by Crippen LogP contribution is 2.29. The van der Waals surface area contributed by atoms with Gasteiger partial charge in [0.2, 0.25) is 5.91 Å². The molecule has 1 aromatic heterocycles. The van der Waals surface area contributed by atoms with Gasteiger partial charge in [-0.05, 0) is 19.4 Å². The van der Waals surface area contributed by atoms with E-state index < -0.39 is 0 Å². The highest BCUT2D eigenvalue weighted by molar-refractivity contribution is 7.13. The Morgan fingerprint density at radius 3 is 2.46 bits per heavy atom. The molecule has 0 N–H and O–H groups in total. The maximum absolute atomic E-state index is 13.1. The van der Waals surface area contributed by atoms with Gasteiger partial charge < -0.3 is 9.80 Å². The van der Waals surface area contributed by atoms with E-state index in [0.717, 1.165) is 16.3 Å². The molecule has 2 amide bonds. The van der Waals surface area contributed by atoms with Crippen molar-refractivity contribution in [3.8, 4) is 0 Å². The summed E-state index contributed by atoms with van der Waals surface area (Å²) in [7, 11) is 0. The van der Waals surface area contributed by atoms with Crippen LogP contribution in [0.25, 0.3) is 0 Å². The Morgan fingerprint density at radius 2 is 1.88 bits per heavy atom. The Morgan fingerprint density at radius 1 is 1.17 bits per heavy atom. The summed E-state index contributed by atoms with van der Waals surface area (Å²) < 4.78 is 0. The first-order valence-corrected chi connectivity index (χ1v) is 8.84. The van der Waals surface area contributed by atoms with E-state index in [1.807, 2.05) is 54.0 Å². The summed E-state index contributed by atoms with van der Waals surface area (Å²) in [6, 6.07) is 9.79. The largest absolute Gasteiger partial charge is 0.339 e.